The molecule has 124 valence electrons. The molecule has 0 heterocycles. The lowest BCUT2D eigenvalue weighted by Crippen LogP contribution is -2.26. The number of aryl methyl sites for hydroxylation is 1. The molecule has 23 heavy (non-hydrogen) atoms. The Labute approximate surface area is 149 Å². The maximum absolute atomic E-state index is 12.3. The van der Waals surface area contributed by atoms with E-state index >= 15 is 0 Å². The van der Waals surface area contributed by atoms with Crippen molar-refractivity contribution < 1.29 is 13.2 Å². The number of hydrogen-bond donors (Lipinski definition) is 1. The summed E-state index contributed by atoms with van der Waals surface area (Å²) in [6.07, 6.45) is 0. The second-order valence-electron chi connectivity index (χ2n) is 4.86. The maximum Gasteiger partial charge on any atom is 0.240 e. The molecule has 0 saturated carbocycles. The predicted octanol–water partition coefficient (Wildman–Crippen LogP) is 3.84. The van der Waals surface area contributed by atoms with Crippen molar-refractivity contribution in [1.82, 2.24) is 4.72 Å². The molecule has 0 bridgehead atoms. The van der Waals surface area contributed by atoms with E-state index in [0.29, 0.717) is 22.5 Å². The topological polar surface area (TPSA) is 55.4 Å². The third-order valence-corrected chi connectivity index (χ3v) is 6.21. The monoisotopic (exact) mass is 415 g/mol. The van der Waals surface area contributed by atoms with Crippen molar-refractivity contribution in [2.45, 2.75) is 16.7 Å². The fraction of sp³-hybridized carbons (Fsp3) is 0.250. The minimum Gasteiger partial charge on any atom is -0.496 e. The van der Waals surface area contributed by atoms with Crippen LogP contribution in [0, 0.1) is 6.92 Å². The molecule has 0 saturated heterocycles. The van der Waals surface area contributed by atoms with Crippen molar-refractivity contribution in [3.63, 3.8) is 0 Å². The number of hydrogen-bond acceptors (Lipinski definition) is 4. The van der Waals surface area contributed by atoms with Crippen LogP contribution < -0.4 is 9.46 Å². The lowest BCUT2D eigenvalue weighted by atomic mass is 10.2. The van der Waals surface area contributed by atoms with Gasteiger partial charge in [0.15, 0.2) is 0 Å². The Hall–Kier alpha value is -1.02. The third kappa shape index (κ3) is 5.24. The standard InChI is InChI=1S/C16H18BrNO3S2/c1-12-3-5-13(6-4-12)22-10-9-18-23(19,20)14-7-8-16(21-2)15(17)11-14/h3-8,11,18H,9-10H2,1-2H3. The second-order valence-corrected chi connectivity index (χ2v) is 8.65. The summed E-state index contributed by atoms with van der Waals surface area (Å²) in [5.74, 6) is 1.26. The first-order valence-electron chi connectivity index (χ1n) is 6.95. The lowest BCUT2D eigenvalue weighted by Gasteiger charge is -2.09. The molecule has 0 aliphatic rings. The molecule has 0 atom stereocenters. The summed E-state index contributed by atoms with van der Waals surface area (Å²) >= 11 is 4.91. The van der Waals surface area contributed by atoms with E-state index in [2.05, 4.69) is 20.7 Å². The van der Waals surface area contributed by atoms with E-state index in [-0.39, 0.29) is 4.90 Å². The fourth-order valence-corrected chi connectivity index (χ4v) is 4.52. The van der Waals surface area contributed by atoms with Gasteiger partial charge in [0.05, 0.1) is 16.5 Å². The highest BCUT2D eigenvalue weighted by atomic mass is 79.9. The minimum atomic E-state index is -3.52. The van der Waals surface area contributed by atoms with E-state index in [1.54, 1.807) is 17.8 Å². The van der Waals surface area contributed by atoms with E-state index in [1.807, 2.05) is 31.2 Å². The van der Waals surface area contributed by atoms with E-state index in [4.69, 9.17) is 4.74 Å². The summed E-state index contributed by atoms with van der Waals surface area (Å²) in [5, 5.41) is 0. The van der Waals surface area contributed by atoms with Crippen molar-refractivity contribution in [3.8, 4) is 5.75 Å². The molecule has 2 aromatic rings. The number of thioether (sulfide) groups is 1. The Bertz CT molecular complexity index is 761. The first-order chi connectivity index (χ1) is 10.9. The average Bonchev–Trinajstić information content (AvgIpc) is 2.53. The molecular formula is C16H18BrNO3S2. The van der Waals surface area contributed by atoms with Crippen LogP contribution in [0.2, 0.25) is 0 Å². The first kappa shape index (κ1) is 18.3. The number of ether oxygens (including phenoxy) is 1. The molecule has 2 aromatic carbocycles. The molecular weight excluding hydrogens is 398 g/mol. The molecule has 0 fully saturated rings. The molecule has 1 N–H and O–H groups in total. The smallest absolute Gasteiger partial charge is 0.240 e. The Morgan fingerprint density at radius 2 is 1.87 bits per heavy atom. The summed E-state index contributed by atoms with van der Waals surface area (Å²) in [6.45, 7) is 2.40. The summed E-state index contributed by atoms with van der Waals surface area (Å²) in [4.78, 5) is 1.34. The van der Waals surface area contributed by atoms with Gasteiger partial charge in [-0.1, -0.05) is 17.7 Å². The Morgan fingerprint density at radius 3 is 2.48 bits per heavy atom. The molecule has 0 amide bonds. The Kier molecular flexibility index (Phi) is 6.52. The largest absolute Gasteiger partial charge is 0.496 e. The van der Waals surface area contributed by atoms with Crippen LogP contribution >= 0.6 is 27.7 Å². The van der Waals surface area contributed by atoms with Gasteiger partial charge in [0.2, 0.25) is 10.0 Å². The van der Waals surface area contributed by atoms with Crippen LogP contribution in [-0.2, 0) is 10.0 Å². The van der Waals surface area contributed by atoms with Gasteiger partial charge in [-0.05, 0) is 53.2 Å². The van der Waals surface area contributed by atoms with Gasteiger partial charge in [0.25, 0.3) is 0 Å². The molecule has 0 aliphatic carbocycles. The van der Waals surface area contributed by atoms with E-state index in [9.17, 15) is 8.42 Å². The molecule has 0 radical (unpaired) electrons. The highest BCUT2D eigenvalue weighted by Gasteiger charge is 2.15. The van der Waals surface area contributed by atoms with Gasteiger partial charge in [0.1, 0.15) is 5.75 Å². The lowest BCUT2D eigenvalue weighted by molar-refractivity contribution is 0.411. The van der Waals surface area contributed by atoms with Crippen LogP contribution in [0.3, 0.4) is 0 Å². The van der Waals surface area contributed by atoms with Gasteiger partial charge in [0, 0.05) is 17.2 Å². The Morgan fingerprint density at radius 1 is 1.17 bits per heavy atom. The van der Waals surface area contributed by atoms with Crippen LogP contribution in [-0.4, -0.2) is 27.8 Å². The zero-order valence-corrected chi connectivity index (χ0v) is 16.1. The van der Waals surface area contributed by atoms with Gasteiger partial charge < -0.3 is 4.74 Å². The van der Waals surface area contributed by atoms with Crippen molar-refractivity contribution in [1.29, 1.82) is 0 Å². The van der Waals surface area contributed by atoms with Crippen molar-refractivity contribution in [3.05, 3.63) is 52.5 Å². The van der Waals surface area contributed by atoms with Crippen LogP contribution in [0.1, 0.15) is 5.56 Å². The van der Waals surface area contributed by atoms with E-state index in [1.165, 1.54) is 24.8 Å². The number of methoxy groups -OCH3 is 1. The molecule has 0 aliphatic heterocycles. The predicted molar refractivity (Wildman–Crippen MR) is 97.8 cm³/mol. The number of nitrogens with one attached hydrogen (secondary N) is 1. The number of benzene rings is 2. The van der Waals surface area contributed by atoms with Crippen LogP contribution in [0.15, 0.2) is 56.7 Å². The summed E-state index contributed by atoms with van der Waals surface area (Å²) in [5.41, 5.74) is 1.21. The van der Waals surface area contributed by atoms with Crippen LogP contribution in [0.5, 0.6) is 5.75 Å². The minimum absolute atomic E-state index is 0.213. The third-order valence-electron chi connectivity index (χ3n) is 3.12. The number of rotatable bonds is 7. The second kappa shape index (κ2) is 8.19. The van der Waals surface area contributed by atoms with Gasteiger partial charge in [-0.2, -0.15) is 0 Å². The van der Waals surface area contributed by atoms with Crippen molar-refractivity contribution >= 4 is 37.7 Å². The molecule has 2 rings (SSSR count). The summed E-state index contributed by atoms with van der Waals surface area (Å²) < 4.78 is 32.8. The molecule has 4 nitrogen and oxygen atoms in total. The number of sulfonamides is 1. The SMILES string of the molecule is COc1ccc(S(=O)(=O)NCCSc2ccc(C)cc2)cc1Br. The molecule has 7 heteroatoms. The first-order valence-corrected chi connectivity index (χ1v) is 10.2. The van der Waals surface area contributed by atoms with Gasteiger partial charge >= 0.3 is 0 Å². The fourth-order valence-electron chi connectivity index (χ4n) is 1.88. The quantitative estimate of drug-likeness (QED) is 0.551. The van der Waals surface area contributed by atoms with Gasteiger partial charge in [-0.3, -0.25) is 0 Å². The van der Waals surface area contributed by atoms with E-state index in [0.717, 1.165) is 4.90 Å². The highest BCUT2D eigenvalue weighted by Crippen LogP contribution is 2.27. The summed E-state index contributed by atoms with van der Waals surface area (Å²) in [7, 11) is -1.98. The molecule has 0 aromatic heterocycles. The zero-order chi connectivity index (χ0) is 16.9. The molecule has 0 spiro atoms. The van der Waals surface area contributed by atoms with Gasteiger partial charge in [-0.25, -0.2) is 13.1 Å². The Balaban J connectivity index is 1.91. The molecule has 0 unspecified atom stereocenters. The van der Waals surface area contributed by atoms with E-state index < -0.39 is 10.0 Å². The highest BCUT2D eigenvalue weighted by molar-refractivity contribution is 9.10. The van der Waals surface area contributed by atoms with Crippen LogP contribution in [0.25, 0.3) is 0 Å². The number of halogens is 1. The van der Waals surface area contributed by atoms with Crippen LogP contribution in [0.4, 0.5) is 0 Å². The van der Waals surface area contributed by atoms with Crippen molar-refractivity contribution in [2.24, 2.45) is 0 Å². The zero-order valence-electron chi connectivity index (χ0n) is 12.9. The summed E-state index contributed by atoms with van der Waals surface area (Å²) in [6, 6.07) is 12.8. The van der Waals surface area contributed by atoms with Gasteiger partial charge in [-0.15, -0.1) is 11.8 Å². The normalized spacial score (nSPS) is 11.4. The maximum atomic E-state index is 12.3. The average molecular weight is 416 g/mol. The van der Waals surface area contributed by atoms with Crippen molar-refractivity contribution in [2.75, 3.05) is 19.4 Å².